The molecule has 1 aromatic heterocycles. The molecule has 0 amide bonds. The van der Waals surface area contributed by atoms with Crippen molar-refractivity contribution in [2.75, 3.05) is 0 Å². The Bertz CT molecular complexity index is 756. The summed E-state index contributed by atoms with van der Waals surface area (Å²) in [6, 6.07) is 3.00. The van der Waals surface area contributed by atoms with Crippen molar-refractivity contribution in [2.24, 2.45) is 0 Å². The summed E-state index contributed by atoms with van der Waals surface area (Å²) in [5.41, 5.74) is 1.63. The molecule has 0 N–H and O–H groups in total. The van der Waals surface area contributed by atoms with Crippen LogP contribution in [0.3, 0.4) is 0 Å². The van der Waals surface area contributed by atoms with Gasteiger partial charge in [-0.25, -0.2) is 8.42 Å². The molecular weight excluding hydrogens is 276 g/mol. The molecule has 96 valence electrons. The van der Waals surface area contributed by atoms with E-state index in [0.29, 0.717) is 22.1 Å². The third-order valence-electron chi connectivity index (χ3n) is 2.82. The molecule has 0 saturated heterocycles. The van der Waals surface area contributed by atoms with Crippen LogP contribution in [0.4, 0.5) is 0 Å². The molecule has 18 heavy (non-hydrogen) atoms. The Morgan fingerprint density at radius 1 is 1.28 bits per heavy atom. The Balaban J connectivity index is 2.91. The van der Waals surface area contributed by atoms with Crippen LogP contribution < -0.4 is 0 Å². The maximum Gasteiger partial charge on any atom is 0.261 e. The van der Waals surface area contributed by atoms with Gasteiger partial charge in [0.2, 0.25) is 0 Å². The summed E-state index contributed by atoms with van der Waals surface area (Å²) >= 11 is 0. The Labute approximate surface area is 109 Å². The van der Waals surface area contributed by atoms with Gasteiger partial charge in [-0.3, -0.25) is 4.79 Å². The van der Waals surface area contributed by atoms with Crippen LogP contribution in [0.1, 0.15) is 28.6 Å². The SMILES string of the molecule is CC(=O)c1cc2c(C)c(S(=O)(=O)Cl)cc(C)c2o1. The molecule has 6 heteroatoms. The van der Waals surface area contributed by atoms with Crippen molar-refractivity contribution in [3.8, 4) is 0 Å². The smallest absolute Gasteiger partial charge is 0.261 e. The highest BCUT2D eigenvalue weighted by molar-refractivity contribution is 8.13. The molecule has 0 radical (unpaired) electrons. The van der Waals surface area contributed by atoms with E-state index in [-0.39, 0.29) is 16.4 Å². The Morgan fingerprint density at radius 3 is 2.39 bits per heavy atom. The van der Waals surface area contributed by atoms with Gasteiger partial charge < -0.3 is 4.42 Å². The molecule has 1 aromatic carbocycles. The standard InChI is InChI=1S/C12H11ClO4S/c1-6-4-11(18(13,15)16)7(2)9-5-10(8(3)14)17-12(6)9/h4-5H,1-3H3. The Kier molecular flexibility index (Phi) is 2.99. The zero-order valence-corrected chi connectivity index (χ0v) is 11.6. The molecular formula is C12H11ClO4S. The highest BCUT2D eigenvalue weighted by Gasteiger charge is 2.20. The van der Waals surface area contributed by atoms with Crippen LogP contribution in [0, 0.1) is 13.8 Å². The number of benzene rings is 1. The highest BCUT2D eigenvalue weighted by atomic mass is 35.7. The van der Waals surface area contributed by atoms with Gasteiger partial charge in [0.25, 0.3) is 9.05 Å². The average molecular weight is 287 g/mol. The zero-order chi connectivity index (χ0) is 13.7. The van der Waals surface area contributed by atoms with E-state index in [1.807, 2.05) is 0 Å². The number of rotatable bonds is 2. The van der Waals surface area contributed by atoms with Crippen LogP contribution in [0.15, 0.2) is 21.4 Å². The first-order valence-corrected chi connectivity index (χ1v) is 7.52. The molecule has 0 aliphatic rings. The molecule has 0 aliphatic heterocycles. The maximum atomic E-state index is 11.5. The van der Waals surface area contributed by atoms with Gasteiger partial charge in [-0.15, -0.1) is 0 Å². The Morgan fingerprint density at radius 2 is 1.89 bits per heavy atom. The minimum absolute atomic E-state index is 0.0464. The number of aryl methyl sites for hydroxylation is 2. The van der Waals surface area contributed by atoms with E-state index in [1.165, 1.54) is 13.0 Å². The summed E-state index contributed by atoms with van der Waals surface area (Å²) in [6.07, 6.45) is 0. The van der Waals surface area contributed by atoms with Gasteiger partial charge in [-0.05, 0) is 37.1 Å². The molecule has 0 saturated carbocycles. The molecule has 2 rings (SSSR count). The predicted molar refractivity (Wildman–Crippen MR) is 68.7 cm³/mol. The van der Waals surface area contributed by atoms with Gasteiger partial charge in [-0.1, -0.05) is 0 Å². The zero-order valence-electron chi connectivity index (χ0n) is 10.1. The molecule has 0 fully saturated rings. The van der Waals surface area contributed by atoms with E-state index in [4.69, 9.17) is 15.1 Å². The van der Waals surface area contributed by atoms with Crippen LogP contribution in [0.25, 0.3) is 11.0 Å². The van der Waals surface area contributed by atoms with E-state index >= 15 is 0 Å². The van der Waals surface area contributed by atoms with Gasteiger partial charge >= 0.3 is 0 Å². The molecule has 2 aromatic rings. The Hall–Kier alpha value is -1.33. The number of fused-ring (bicyclic) bond motifs is 1. The van der Waals surface area contributed by atoms with Crippen LogP contribution in [-0.2, 0) is 9.05 Å². The highest BCUT2D eigenvalue weighted by Crippen LogP contribution is 2.32. The quantitative estimate of drug-likeness (QED) is 0.628. The van der Waals surface area contributed by atoms with Gasteiger partial charge in [-0.2, -0.15) is 0 Å². The van der Waals surface area contributed by atoms with E-state index in [0.717, 1.165) is 0 Å². The minimum atomic E-state index is -3.81. The lowest BCUT2D eigenvalue weighted by Crippen LogP contribution is -1.96. The van der Waals surface area contributed by atoms with Crippen molar-refractivity contribution in [2.45, 2.75) is 25.7 Å². The maximum absolute atomic E-state index is 11.5. The first-order valence-electron chi connectivity index (χ1n) is 5.21. The number of halogens is 1. The first-order chi connectivity index (χ1) is 8.21. The average Bonchev–Trinajstić information content (AvgIpc) is 2.67. The van der Waals surface area contributed by atoms with Crippen LogP contribution in [-0.4, -0.2) is 14.2 Å². The third-order valence-corrected chi connectivity index (χ3v) is 4.27. The van der Waals surface area contributed by atoms with Crippen LogP contribution >= 0.6 is 10.7 Å². The number of Topliss-reactive ketones (excluding diaryl/α,β-unsaturated/α-hetero) is 1. The molecule has 0 unspecified atom stereocenters. The molecule has 4 nitrogen and oxygen atoms in total. The number of hydrogen-bond donors (Lipinski definition) is 0. The first kappa shape index (κ1) is 13.1. The van der Waals surface area contributed by atoms with Crippen molar-refractivity contribution in [3.05, 3.63) is 29.0 Å². The third kappa shape index (κ3) is 2.04. The monoisotopic (exact) mass is 286 g/mol. The number of carbonyl (C=O) groups is 1. The lowest BCUT2D eigenvalue weighted by molar-refractivity contribution is 0.0989. The molecule has 0 aliphatic carbocycles. The van der Waals surface area contributed by atoms with Crippen molar-refractivity contribution < 1.29 is 17.6 Å². The van der Waals surface area contributed by atoms with Gasteiger partial charge in [0.15, 0.2) is 11.5 Å². The second kappa shape index (κ2) is 4.10. The van der Waals surface area contributed by atoms with E-state index < -0.39 is 9.05 Å². The number of ketones is 1. The fraction of sp³-hybridized carbons (Fsp3) is 0.250. The second-order valence-electron chi connectivity index (χ2n) is 4.16. The van der Waals surface area contributed by atoms with Gasteiger partial charge in [0, 0.05) is 23.0 Å². The van der Waals surface area contributed by atoms with Crippen molar-refractivity contribution >= 4 is 36.5 Å². The topological polar surface area (TPSA) is 64.3 Å². The lowest BCUT2D eigenvalue weighted by Gasteiger charge is -2.05. The lowest BCUT2D eigenvalue weighted by atomic mass is 10.1. The normalized spacial score (nSPS) is 12.0. The summed E-state index contributed by atoms with van der Waals surface area (Å²) in [5.74, 6) is 0.000557. The summed E-state index contributed by atoms with van der Waals surface area (Å²) in [7, 11) is 1.57. The van der Waals surface area contributed by atoms with E-state index in [2.05, 4.69) is 0 Å². The van der Waals surface area contributed by atoms with Crippen LogP contribution in [0.2, 0.25) is 0 Å². The molecule has 0 bridgehead atoms. The van der Waals surface area contributed by atoms with Gasteiger partial charge in [0.05, 0.1) is 4.90 Å². The largest absolute Gasteiger partial charge is 0.453 e. The van der Waals surface area contributed by atoms with Crippen molar-refractivity contribution in [1.29, 1.82) is 0 Å². The summed E-state index contributed by atoms with van der Waals surface area (Å²) in [6.45, 7) is 4.73. The van der Waals surface area contributed by atoms with Gasteiger partial charge in [0.1, 0.15) is 5.58 Å². The van der Waals surface area contributed by atoms with Crippen LogP contribution in [0.5, 0.6) is 0 Å². The molecule has 0 atom stereocenters. The minimum Gasteiger partial charge on any atom is -0.453 e. The number of furan rings is 1. The van der Waals surface area contributed by atoms with Crippen molar-refractivity contribution in [1.82, 2.24) is 0 Å². The summed E-state index contributed by atoms with van der Waals surface area (Å²) < 4.78 is 28.3. The van der Waals surface area contributed by atoms with Crippen molar-refractivity contribution in [3.63, 3.8) is 0 Å². The molecule has 0 spiro atoms. The predicted octanol–water partition coefficient (Wildman–Crippen LogP) is 3.18. The summed E-state index contributed by atoms with van der Waals surface area (Å²) in [5, 5.41) is 0.597. The van der Waals surface area contributed by atoms with E-state index in [1.54, 1.807) is 19.9 Å². The fourth-order valence-electron chi connectivity index (χ4n) is 1.89. The molecule has 1 heterocycles. The second-order valence-corrected chi connectivity index (χ2v) is 6.70. The number of hydrogen-bond acceptors (Lipinski definition) is 4. The fourth-order valence-corrected chi connectivity index (χ4v) is 3.17. The summed E-state index contributed by atoms with van der Waals surface area (Å²) in [4.78, 5) is 11.3. The number of carbonyl (C=O) groups excluding carboxylic acids is 1. The van der Waals surface area contributed by atoms with E-state index in [9.17, 15) is 13.2 Å².